The summed E-state index contributed by atoms with van der Waals surface area (Å²) < 4.78 is 0. The van der Waals surface area contributed by atoms with Crippen molar-refractivity contribution < 1.29 is 58.2 Å². The van der Waals surface area contributed by atoms with Gasteiger partial charge in [-0.3, -0.25) is 47.9 Å². The van der Waals surface area contributed by atoms with Crippen LogP contribution in [0.15, 0.2) is 30.3 Å². The predicted octanol–water partition coefficient (Wildman–Crippen LogP) is -8.01. The van der Waals surface area contributed by atoms with Gasteiger partial charge in [-0.25, -0.2) is 0 Å². The van der Waals surface area contributed by atoms with Gasteiger partial charge in [-0.1, -0.05) is 44.2 Å². The van der Waals surface area contributed by atoms with Crippen LogP contribution in [-0.2, 0) is 54.4 Å². The van der Waals surface area contributed by atoms with Crippen LogP contribution in [0.2, 0.25) is 0 Å². The highest BCUT2D eigenvalue weighted by Gasteiger charge is 2.37. The first-order chi connectivity index (χ1) is 35.5. The summed E-state index contributed by atoms with van der Waals surface area (Å²) in [5, 5.41) is 46.4. The molecule has 1 aliphatic heterocycles. The third-order valence-corrected chi connectivity index (χ3v) is 11.9. The van der Waals surface area contributed by atoms with E-state index in [0.29, 0.717) is 5.56 Å². The summed E-state index contributed by atoms with van der Waals surface area (Å²) in [6, 6.07) is -5.92. The van der Waals surface area contributed by atoms with Crippen LogP contribution in [0, 0.1) is 5.92 Å². The van der Waals surface area contributed by atoms with Crippen molar-refractivity contribution >= 4 is 59.1 Å². The molecule has 2 rings (SSSR count). The minimum absolute atomic E-state index is 0.0475. The smallest absolute Gasteiger partial charge is 0.245 e. The van der Waals surface area contributed by atoms with E-state index in [-0.39, 0.29) is 83.6 Å². The lowest BCUT2D eigenvalue weighted by atomic mass is 10.00. The molecule has 28 heteroatoms. The maximum Gasteiger partial charge on any atom is 0.245 e. The predicted molar refractivity (Wildman–Crippen MR) is 274 cm³/mol. The number of rotatable bonds is 22. The fraction of sp³-hybridized carbons (Fsp3) is 0.660. The molecule has 1 fully saturated rings. The van der Waals surface area contributed by atoms with Gasteiger partial charge in [0.05, 0.1) is 18.2 Å². The molecular weight excluding hydrogens is 981 g/mol. The van der Waals surface area contributed by atoms with Crippen molar-refractivity contribution in [2.24, 2.45) is 40.3 Å². The molecule has 0 saturated carbocycles. The molecule has 1 aromatic rings. The minimum atomic E-state index is -1.67. The molecule has 1 aliphatic rings. The molecule has 422 valence electrons. The van der Waals surface area contributed by atoms with E-state index in [4.69, 9.17) is 34.4 Å². The Kier molecular flexibility index (Phi) is 28.9. The monoisotopic (exact) mass is 1060 g/mol. The Morgan fingerprint density at radius 3 is 1.56 bits per heavy atom. The van der Waals surface area contributed by atoms with Gasteiger partial charge in [0.15, 0.2) is 0 Å². The maximum atomic E-state index is 14.4. The first-order valence-electron chi connectivity index (χ1n) is 25.2. The van der Waals surface area contributed by atoms with Gasteiger partial charge in [0.2, 0.25) is 59.1 Å². The molecule has 0 radical (unpaired) electrons. The van der Waals surface area contributed by atoms with E-state index >= 15 is 0 Å². The molecule has 28 nitrogen and oxygen atoms in total. The van der Waals surface area contributed by atoms with Crippen molar-refractivity contribution in [3.05, 3.63) is 35.9 Å². The normalized spacial score (nSPS) is 24.0. The molecular formula is C47H82N16O12. The Morgan fingerprint density at radius 2 is 1.07 bits per heavy atom. The van der Waals surface area contributed by atoms with Crippen molar-refractivity contribution in [2.75, 3.05) is 39.3 Å². The van der Waals surface area contributed by atoms with Crippen LogP contribution < -0.4 is 87.6 Å². The van der Waals surface area contributed by atoms with Gasteiger partial charge < -0.3 is 97.8 Å². The Morgan fingerprint density at radius 1 is 0.587 bits per heavy atom. The van der Waals surface area contributed by atoms with E-state index < -0.39 is 145 Å². The van der Waals surface area contributed by atoms with Crippen LogP contribution >= 0.6 is 0 Å². The zero-order valence-electron chi connectivity index (χ0n) is 43.2. The van der Waals surface area contributed by atoms with Gasteiger partial charge in [-0.15, -0.1) is 0 Å². The largest absolute Gasteiger partial charge is 0.391 e. The van der Waals surface area contributed by atoms with Crippen LogP contribution in [0.1, 0.15) is 78.2 Å². The average Bonchev–Trinajstić information content (AvgIpc) is 3.35. The highest BCUT2D eigenvalue weighted by molar-refractivity contribution is 5.99. The van der Waals surface area contributed by atoms with Crippen LogP contribution in [-0.4, -0.2) is 181 Å². The molecule has 0 aromatic heterocycles. The molecule has 0 spiro atoms. The van der Waals surface area contributed by atoms with Gasteiger partial charge in [-0.2, -0.15) is 0 Å². The van der Waals surface area contributed by atoms with Crippen molar-refractivity contribution in [3.63, 3.8) is 0 Å². The zero-order valence-corrected chi connectivity index (χ0v) is 43.2. The van der Waals surface area contributed by atoms with Crippen LogP contribution in [0.3, 0.4) is 0 Å². The quantitative estimate of drug-likeness (QED) is 0.0513. The van der Waals surface area contributed by atoms with E-state index in [2.05, 4.69) is 53.2 Å². The van der Waals surface area contributed by atoms with Gasteiger partial charge in [-0.05, 0) is 103 Å². The van der Waals surface area contributed by atoms with E-state index in [1.54, 1.807) is 44.2 Å². The summed E-state index contributed by atoms with van der Waals surface area (Å²) in [6.07, 6.45) is -4.24. The summed E-state index contributed by atoms with van der Waals surface area (Å²) in [6.45, 7) is 4.96. The molecule has 1 heterocycles. The third kappa shape index (κ3) is 22.2. The van der Waals surface area contributed by atoms with Crippen molar-refractivity contribution in [1.82, 2.24) is 53.2 Å². The van der Waals surface area contributed by atoms with Crippen molar-refractivity contribution in [2.45, 2.75) is 152 Å². The first kappa shape index (κ1) is 64.7. The fourth-order valence-electron chi connectivity index (χ4n) is 7.75. The fourth-order valence-corrected chi connectivity index (χ4v) is 7.75. The van der Waals surface area contributed by atoms with Crippen molar-refractivity contribution in [3.8, 4) is 0 Å². The van der Waals surface area contributed by atoms with Gasteiger partial charge in [0.25, 0.3) is 0 Å². The molecule has 75 heavy (non-hydrogen) atoms. The summed E-state index contributed by atoms with van der Waals surface area (Å²) in [7, 11) is 0. The van der Waals surface area contributed by atoms with E-state index in [9.17, 15) is 58.2 Å². The van der Waals surface area contributed by atoms with Crippen LogP contribution in [0.5, 0.6) is 0 Å². The average molecular weight is 1060 g/mol. The molecule has 10 amide bonds. The number of carbonyl (C=O) groups excluding carboxylic acids is 10. The Bertz CT molecular complexity index is 2050. The molecule has 12 atom stereocenters. The Hall–Kier alpha value is -6.40. The molecule has 1 aromatic carbocycles. The molecule has 0 aliphatic carbocycles. The summed E-state index contributed by atoms with van der Waals surface area (Å²) >= 11 is 0. The standard InChI is InChI=1S/C47H82N16O12/c1-24(2)22-34-44(72)57-29(11-17-49)39(67)56-32(14-20-52)43(71)63-36(25(3)64)46(74)54-21-15-33(58-40(68)31(13-19-51)59-47(75)37(26(4)65)62-38(66)28(53)10-16-48)42(70)55-30(12-18-50)41(69)61-35(45(73)60-34)23-27-8-6-5-7-9-27/h5-9,24-26,28-37,64-65H,10-23,48-53H2,1-4H3,(H,54,74)(H,55,70)(H,56,67)(H,57,72)(H,58,68)(H,59,75)(H,60,73)(H,61,69)(H,62,66)(H,63,71)/t25-,26+,28+,29+,30+,31+,32+,33+,34+,35-,36+,37+/m1/s1. The SMILES string of the molecule is CC(C)C[C@@H]1NC(=O)[C@@H](Cc2ccccc2)NC(=O)[C@H](CCN)NC(=O)[C@@H](NC(=O)[C@H](CCN)NC(=O)[C@@H](NC(=O)[C@@H](N)CCN)[C@H](C)O)CCNC(=O)[C@H]([C@@H](C)O)NC(=O)[C@H](CCN)NC(=O)[C@H](CCN)NC1=O. The topological polar surface area (TPSA) is 488 Å². The third-order valence-electron chi connectivity index (χ3n) is 11.9. The number of benzene rings is 1. The summed E-state index contributed by atoms with van der Waals surface area (Å²) in [5.74, 6) is -9.37. The number of amides is 10. The molecule has 0 unspecified atom stereocenters. The molecule has 24 N–H and O–H groups in total. The lowest BCUT2D eigenvalue weighted by Crippen LogP contribution is -2.61. The summed E-state index contributed by atoms with van der Waals surface area (Å²) in [4.78, 5) is 139. The van der Waals surface area contributed by atoms with Crippen molar-refractivity contribution in [1.29, 1.82) is 0 Å². The van der Waals surface area contributed by atoms with Gasteiger partial charge in [0, 0.05) is 13.0 Å². The second kappa shape index (κ2) is 33.5. The van der Waals surface area contributed by atoms with E-state index in [1.807, 2.05) is 0 Å². The summed E-state index contributed by atoms with van der Waals surface area (Å²) in [5.41, 5.74) is 35.3. The lowest BCUT2D eigenvalue weighted by molar-refractivity contribution is -0.136. The lowest BCUT2D eigenvalue weighted by Gasteiger charge is -2.28. The number of aliphatic hydroxyl groups excluding tert-OH is 2. The van der Waals surface area contributed by atoms with Gasteiger partial charge in [0.1, 0.15) is 54.4 Å². The number of hydrogen-bond donors (Lipinski definition) is 18. The highest BCUT2D eigenvalue weighted by atomic mass is 16.3. The number of hydrogen-bond acceptors (Lipinski definition) is 18. The number of nitrogens with one attached hydrogen (secondary N) is 10. The van der Waals surface area contributed by atoms with Crippen LogP contribution in [0.25, 0.3) is 0 Å². The van der Waals surface area contributed by atoms with Gasteiger partial charge >= 0.3 is 0 Å². The van der Waals surface area contributed by atoms with E-state index in [1.165, 1.54) is 13.8 Å². The minimum Gasteiger partial charge on any atom is -0.391 e. The maximum absolute atomic E-state index is 14.4. The number of aliphatic hydroxyl groups is 2. The number of carbonyl (C=O) groups is 10. The van der Waals surface area contributed by atoms with Crippen LogP contribution in [0.4, 0.5) is 0 Å². The van der Waals surface area contributed by atoms with E-state index in [0.717, 1.165) is 0 Å². The highest BCUT2D eigenvalue weighted by Crippen LogP contribution is 2.11. The second-order valence-corrected chi connectivity index (χ2v) is 18.8. The Balaban J connectivity index is 2.74. The zero-order chi connectivity index (χ0) is 56.4. The molecule has 0 bridgehead atoms. The second-order valence-electron chi connectivity index (χ2n) is 18.8. The Labute approximate surface area is 436 Å². The molecule has 1 saturated heterocycles. The number of nitrogens with two attached hydrogens (primary N) is 6. The first-order valence-corrected chi connectivity index (χ1v) is 25.2.